The second-order valence-electron chi connectivity index (χ2n) is 5.21. The Kier molecular flexibility index (Phi) is 4.85. The van der Waals surface area contributed by atoms with Crippen molar-refractivity contribution in [3.63, 3.8) is 0 Å². The fraction of sp³-hybridized carbons (Fsp3) is 0.333. The molecule has 1 atom stereocenters. The highest BCUT2D eigenvalue weighted by atomic mass is 35.5. The van der Waals surface area contributed by atoms with Crippen LogP contribution in [0.4, 0.5) is 0 Å². The van der Waals surface area contributed by atoms with Crippen molar-refractivity contribution in [2.45, 2.75) is 26.3 Å². The lowest BCUT2D eigenvalue weighted by Gasteiger charge is -2.17. The number of carbonyl (C=O) groups is 2. The Hall–Kier alpha value is -1.59. The lowest BCUT2D eigenvalue weighted by molar-refractivity contribution is -0.143. The van der Waals surface area contributed by atoms with E-state index >= 15 is 0 Å². The van der Waals surface area contributed by atoms with Crippen LogP contribution in [-0.4, -0.2) is 23.0 Å². The number of aliphatic carboxylic acids is 1. The summed E-state index contributed by atoms with van der Waals surface area (Å²) in [5, 5.41) is 15.1. The summed E-state index contributed by atoms with van der Waals surface area (Å²) < 4.78 is 1.06. The first-order valence-electron chi connectivity index (χ1n) is 6.56. The monoisotopic (exact) mass is 325 g/mol. The zero-order valence-electron chi connectivity index (χ0n) is 11.7. The van der Waals surface area contributed by atoms with Gasteiger partial charge >= 0.3 is 5.97 Å². The second kappa shape index (κ2) is 6.45. The average molecular weight is 326 g/mol. The van der Waals surface area contributed by atoms with Crippen LogP contribution < -0.4 is 5.32 Å². The van der Waals surface area contributed by atoms with Crippen molar-refractivity contribution in [1.29, 1.82) is 0 Å². The van der Waals surface area contributed by atoms with Crippen LogP contribution in [0.15, 0.2) is 23.6 Å². The third-order valence-corrected chi connectivity index (χ3v) is 4.46. The molecule has 1 heterocycles. The van der Waals surface area contributed by atoms with Crippen molar-refractivity contribution in [2.75, 3.05) is 0 Å². The van der Waals surface area contributed by atoms with E-state index in [0.717, 1.165) is 15.6 Å². The molecule has 0 fully saturated rings. The highest BCUT2D eigenvalue weighted by Crippen LogP contribution is 2.28. The summed E-state index contributed by atoms with van der Waals surface area (Å²) >= 11 is 7.52. The molecule has 21 heavy (non-hydrogen) atoms. The largest absolute Gasteiger partial charge is 0.480 e. The molecule has 112 valence electrons. The molecule has 1 aromatic heterocycles. The fourth-order valence-corrected chi connectivity index (χ4v) is 3.22. The molecule has 0 aliphatic carbocycles. The van der Waals surface area contributed by atoms with Gasteiger partial charge in [0.25, 0.3) is 0 Å². The molecule has 0 aliphatic rings. The number of carboxylic acid groups (broad SMARTS) is 1. The van der Waals surface area contributed by atoms with Gasteiger partial charge in [-0.25, -0.2) is 4.79 Å². The lowest BCUT2D eigenvalue weighted by Crippen LogP contribution is -2.44. The molecule has 1 aromatic carbocycles. The van der Waals surface area contributed by atoms with Gasteiger partial charge in [0.2, 0.25) is 5.91 Å². The van der Waals surface area contributed by atoms with Crippen LogP contribution >= 0.6 is 22.9 Å². The summed E-state index contributed by atoms with van der Waals surface area (Å²) in [5.41, 5.74) is 0.864. The van der Waals surface area contributed by atoms with Crippen LogP contribution in [0.1, 0.15) is 19.4 Å². The van der Waals surface area contributed by atoms with E-state index in [9.17, 15) is 9.59 Å². The zero-order valence-corrected chi connectivity index (χ0v) is 13.3. The smallest absolute Gasteiger partial charge is 0.326 e. The Morgan fingerprint density at radius 2 is 2.10 bits per heavy atom. The van der Waals surface area contributed by atoms with Crippen molar-refractivity contribution < 1.29 is 14.7 Å². The highest BCUT2D eigenvalue weighted by molar-refractivity contribution is 7.17. The summed E-state index contributed by atoms with van der Waals surface area (Å²) in [7, 11) is 0. The molecule has 2 aromatic rings. The van der Waals surface area contributed by atoms with Crippen molar-refractivity contribution >= 4 is 44.9 Å². The minimum atomic E-state index is -1.02. The molecule has 1 amide bonds. The van der Waals surface area contributed by atoms with E-state index in [-0.39, 0.29) is 18.2 Å². The number of benzene rings is 1. The molecular weight excluding hydrogens is 310 g/mol. The number of rotatable bonds is 5. The number of thiophene rings is 1. The van der Waals surface area contributed by atoms with Gasteiger partial charge in [0.05, 0.1) is 6.42 Å². The van der Waals surface area contributed by atoms with E-state index in [2.05, 4.69) is 5.32 Å². The van der Waals surface area contributed by atoms with E-state index in [1.165, 1.54) is 0 Å². The molecule has 1 unspecified atom stereocenters. The summed E-state index contributed by atoms with van der Waals surface area (Å²) in [6.45, 7) is 3.53. The molecule has 0 radical (unpaired) electrons. The van der Waals surface area contributed by atoms with Gasteiger partial charge in [-0.15, -0.1) is 11.3 Å². The highest BCUT2D eigenvalue weighted by Gasteiger charge is 2.23. The Balaban J connectivity index is 2.14. The average Bonchev–Trinajstić information content (AvgIpc) is 2.78. The Bertz CT molecular complexity index is 681. The first-order chi connectivity index (χ1) is 9.88. The fourth-order valence-electron chi connectivity index (χ4n) is 2.10. The molecule has 6 heteroatoms. The predicted octanol–water partition coefficient (Wildman–Crippen LogP) is 3.32. The van der Waals surface area contributed by atoms with E-state index in [1.54, 1.807) is 25.2 Å². The van der Waals surface area contributed by atoms with Crippen molar-refractivity contribution in [1.82, 2.24) is 5.32 Å². The number of hydrogen-bond acceptors (Lipinski definition) is 3. The molecular formula is C15H16ClNO3S. The molecule has 0 spiro atoms. The Labute approximate surface area is 131 Å². The first kappa shape index (κ1) is 15.8. The molecule has 0 bridgehead atoms. The maximum Gasteiger partial charge on any atom is 0.326 e. The van der Waals surface area contributed by atoms with Gasteiger partial charge in [0.1, 0.15) is 6.04 Å². The summed E-state index contributed by atoms with van der Waals surface area (Å²) in [4.78, 5) is 23.2. The summed E-state index contributed by atoms with van der Waals surface area (Å²) in [5.74, 6) is -1.48. The van der Waals surface area contributed by atoms with Gasteiger partial charge in [-0.05, 0) is 40.4 Å². The van der Waals surface area contributed by atoms with Crippen molar-refractivity contribution in [2.24, 2.45) is 5.92 Å². The van der Waals surface area contributed by atoms with Gasteiger partial charge < -0.3 is 10.4 Å². The van der Waals surface area contributed by atoms with E-state index in [1.807, 2.05) is 23.6 Å². The SMILES string of the molecule is CC(C)C(NC(=O)Cc1csc2ccc(Cl)cc12)C(=O)O. The van der Waals surface area contributed by atoms with Crippen LogP contribution in [0.25, 0.3) is 10.1 Å². The quantitative estimate of drug-likeness (QED) is 0.886. The van der Waals surface area contributed by atoms with Gasteiger partial charge in [-0.1, -0.05) is 25.4 Å². The van der Waals surface area contributed by atoms with Gasteiger partial charge in [-0.3, -0.25) is 4.79 Å². The van der Waals surface area contributed by atoms with Crippen LogP contribution in [-0.2, 0) is 16.0 Å². The predicted molar refractivity (Wildman–Crippen MR) is 84.9 cm³/mol. The van der Waals surface area contributed by atoms with E-state index in [4.69, 9.17) is 16.7 Å². The maximum atomic E-state index is 12.1. The van der Waals surface area contributed by atoms with Crippen LogP contribution in [0.3, 0.4) is 0 Å². The maximum absolute atomic E-state index is 12.1. The molecule has 2 rings (SSSR count). The number of carboxylic acids is 1. The molecule has 0 saturated carbocycles. The zero-order chi connectivity index (χ0) is 15.6. The minimum absolute atomic E-state index is 0.150. The van der Waals surface area contributed by atoms with Gasteiger partial charge in [-0.2, -0.15) is 0 Å². The third kappa shape index (κ3) is 3.74. The number of fused-ring (bicyclic) bond motifs is 1. The molecule has 0 saturated heterocycles. The summed E-state index contributed by atoms with van der Waals surface area (Å²) in [6, 6.07) is 4.68. The summed E-state index contributed by atoms with van der Waals surface area (Å²) in [6.07, 6.45) is 0.150. The molecule has 4 nitrogen and oxygen atoms in total. The Morgan fingerprint density at radius 1 is 1.38 bits per heavy atom. The minimum Gasteiger partial charge on any atom is -0.480 e. The van der Waals surface area contributed by atoms with Crippen LogP contribution in [0.5, 0.6) is 0 Å². The first-order valence-corrected chi connectivity index (χ1v) is 7.82. The van der Waals surface area contributed by atoms with Gasteiger partial charge in [0.15, 0.2) is 0 Å². The Morgan fingerprint density at radius 3 is 2.71 bits per heavy atom. The van der Waals surface area contributed by atoms with Crippen molar-refractivity contribution in [3.8, 4) is 0 Å². The molecule has 0 aliphatic heterocycles. The van der Waals surface area contributed by atoms with Crippen LogP contribution in [0.2, 0.25) is 5.02 Å². The third-order valence-electron chi connectivity index (χ3n) is 3.22. The van der Waals surface area contributed by atoms with Crippen molar-refractivity contribution in [3.05, 3.63) is 34.2 Å². The van der Waals surface area contributed by atoms with E-state index < -0.39 is 12.0 Å². The number of carbonyl (C=O) groups excluding carboxylic acids is 1. The number of halogens is 1. The number of nitrogens with one attached hydrogen (secondary N) is 1. The van der Waals surface area contributed by atoms with Crippen LogP contribution in [0, 0.1) is 5.92 Å². The standard InChI is InChI=1S/C15H16ClNO3S/c1-8(2)14(15(19)20)17-13(18)5-9-7-21-12-4-3-10(16)6-11(9)12/h3-4,6-8,14H,5H2,1-2H3,(H,17,18)(H,19,20). The normalized spacial score (nSPS) is 12.6. The number of hydrogen-bond donors (Lipinski definition) is 2. The van der Waals surface area contributed by atoms with Gasteiger partial charge in [0, 0.05) is 9.72 Å². The topological polar surface area (TPSA) is 66.4 Å². The van der Waals surface area contributed by atoms with E-state index in [0.29, 0.717) is 5.02 Å². The molecule has 2 N–H and O–H groups in total. The second-order valence-corrected chi connectivity index (χ2v) is 6.55. The number of amides is 1. The lowest BCUT2D eigenvalue weighted by atomic mass is 10.0.